The first-order chi connectivity index (χ1) is 13.9. The van der Waals surface area contributed by atoms with E-state index in [1.165, 1.54) is 6.20 Å². The van der Waals surface area contributed by atoms with Crippen molar-refractivity contribution in [3.05, 3.63) is 77.7 Å². The van der Waals surface area contributed by atoms with Crippen LogP contribution in [-0.4, -0.2) is 23.0 Å². The Bertz CT molecular complexity index is 979. The molecule has 1 heterocycles. The summed E-state index contributed by atoms with van der Waals surface area (Å²) in [7, 11) is 1.64. The van der Waals surface area contributed by atoms with E-state index in [4.69, 9.17) is 4.74 Å². The molecule has 0 bridgehead atoms. The molecule has 0 unspecified atom stereocenters. The highest BCUT2D eigenvalue weighted by molar-refractivity contribution is 6.03. The van der Waals surface area contributed by atoms with Crippen LogP contribution >= 0.6 is 0 Å². The van der Waals surface area contributed by atoms with Crippen LogP contribution in [0.15, 0.2) is 60.9 Å². The summed E-state index contributed by atoms with van der Waals surface area (Å²) in [4.78, 5) is 21.2. The van der Waals surface area contributed by atoms with Crippen molar-refractivity contribution in [2.24, 2.45) is 0 Å². The summed E-state index contributed by atoms with van der Waals surface area (Å²) in [5.41, 5.74) is 3.04. The van der Waals surface area contributed by atoms with Crippen molar-refractivity contribution in [1.82, 2.24) is 9.97 Å². The fraction of sp³-hybridized carbons (Fsp3) is 0.261. The highest BCUT2D eigenvalue weighted by Gasteiger charge is 2.19. The van der Waals surface area contributed by atoms with Crippen LogP contribution in [0.4, 0.5) is 11.5 Å². The summed E-state index contributed by atoms with van der Waals surface area (Å²) in [5, 5.41) is 6.14. The van der Waals surface area contributed by atoms with Gasteiger partial charge in [-0.1, -0.05) is 57.2 Å². The lowest BCUT2D eigenvalue weighted by Gasteiger charge is -2.22. The molecule has 0 aliphatic carbocycles. The van der Waals surface area contributed by atoms with Crippen LogP contribution in [0.3, 0.4) is 0 Å². The van der Waals surface area contributed by atoms with Gasteiger partial charge in [0.05, 0.1) is 19.5 Å². The van der Waals surface area contributed by atoms with Gasteiger partial charge in [-0.05, 0) is 23.1 Å². The van der Waals surface area contributed by atoms with Gasteiger partial charge in [-0.3, -0.25) is 4.79 Å². The lowest BCUT2D eigenvalue weighted by Crippen LogP contribution is -2.19. The van der Waals surface area contributed by atoms with Gasteiger partial charge in [-0.25, -0.2) is 9.97 Å². The zero-order valence-electron chi connectivity index (χ0n) is 17.2. The summed E-state index contributed by atoms with van der Waals surface area (Å²) in [6.07, 6.45) is 3.03. The minimum Gasteiger partial charge on any atom is -0.496 e. The summed E-state index contributed by atoms with van der Waals surface area (Å²) in [5.74, 6) is 1.11. The standard InChI is InChI=1S/C23H26N4O2/c1-23(2,3)17-10-6-7-11-18(17)27-22(28)19-14-26-21(15-24-19)25-13-16-9-5-8-12-20(16)29-4/h5-12,14-15H,13H2,1-4H3,(H,25,26)(H,27,28). The van der Waals surface area contributed by atoms with Crippen molar-refractivity contribution in [3.8, 4) is 5.75 Å². The number of ether oxygens (including phenoxy) is 1. The molecule has 3 aromatic rings. The van der Waals surface area contributed by atoms with Gasteiger partial charge in [0.25, 0.3) is 5.91 Å². The van der Waals surface area contributed by atoms with Gasteiger partial charge in [-0.15, -0.1) is 0 Å². The number of hydrogen-bond donors (Lipinski definition) is 2. The number of hydrogen-bond acceptors (Lipinski definition) is 5. The van der Waals surface area contributed by atoms with Crippen LogP contribution in [0.2, 0.25) is 0 Å². The van der Waals surface area contributed by atoms with Crippen LogP contribution in [-0.2, 0) is 12.0 Å². The second-order valence-electron chi connectivity index (χ2n) is 7.70. The lowest BCUT2D eigenvalue weighted by molar-refractivity contribution is 0.102. The normalized spacial score (nSPS) is 11.0. The molecule has 6 nitrogen and oxygen atoms in total. The van der Waals surface area contributed by atoms with E-state index in [2.05, 4.69) is 41.4 Å². The molecule has 0 spiro atoms. The molecule has 0 atom stereocenters. The Morgan fingerprint density at radius 3 is 2.41 bits per heavy atom. The van der Waals surface area contributed by atoms with Crippen LogP contribution < -0.4 is 15.4 Å². The smallest absolute Gasteiger partial charge is 0.275 e. The molecule has 150 valence electrons. The predicted molar refractivity (Wildman–Crippen MR) is 115 cm³/mol. The molecule has 0 saturated carbocycles. The third kappa shape index (κ3) is 5.10. The minimum atomic E-state index is -0.287. The number of anilines is 2. The molecule has 1 aromatic heterocycles. The zero-order chi connectivity index (χ0) is 20.9. The van der Waals surface area contributed by atoms with Gasteiger partial charge in [0.15, 0.2) is 0 Å². The lowest BCUT2D eigenvalue weighted by atomic mass is 9.86. The highest BCUT2D eigenvalue weighted by atomic mass is 16.5. The van der Waals surface area contributed by atoms with Crippen molar-refractivity contribution in [1.29, 1.82) is 0 Å². The molecule has 1 amide bonds. The number of rotatable bonds is 6. The van der Waals surface area contributed by atoms with Crippen LogP contribution in [0.1, 0.15) is 42.4 Å². The predicted octanol–water partition coefficient (Wildman–Crippen LogP) is 4.65. The maximum Gasteiger partial charge on any atom is 0.275 e. The summed E-state index contributed by atoms with van der Waals surface area (Å²) in [6.45, 7) is 6.88. The number of nitrogens with zero attached hydrogens (tertiary/aromatic N) is 2. The van der Waals surface area contributed by atoms with Gasteiger partial charge in [0.1, 0.15) is 17.3 Å². The molecular weight excluding hydrogens is 364 g/mol. The van der Waals surface area contributed by atoms with Gasteiger partial charge in [0, 0.05) is 17.8 Å². The molecule has 0 aliphatic heterocycles. The summed E-state index contributed by atoms with van der Waals surface area (Å²) >= 11 is 0. The molecule has 2 aromatic carbocycles. The highest BCUT2D eigenvalue weighted by Crippen LogP contribution is 2.29. The molecule has 29 heavy (non-hydrogen) atoms. The van der Waals surface area contributed by atoms with Crippen LogP contribution in [0.5, 0.6) is 5.75 Å². The fourth-order valence-electron chi connectivity index (χ4n) is 3.00. The first-order valence-electron chi connectivity index (χ1n) is 9.47. The van der Waals surface area contributed by atoms with E-state index in [1.807, 2.05) is 48.5 Å². The van der Waals surface area contributed by atoms with E-state index in [0.29, 0.717) is 12.4 Å². The second-order valence-corrected chi connectivity index (χ2v) is 7.70. The van der Waals surface area contributed by atoms with E-state index < -0.39 is 0 Å². The molecule has 2 N–H and O–H groups in total. The molecule has 0 aliphatic rings. The minimum absolute atomic E-state index is 0.0815. The average molecular weight is 390 g/mol. The Labute approximate surface area is 171 Å². The number of nitrogens with one attached hydrogen (secondary N) is 2. The third-order valence-corrected chi connectivity index (χ3v) is 4.52. The Kier molecular flexibility index (Phi) is 6.12. The molecule has 0 saturated heterocycles. The van der Waals surface area contributed by atoms with Crippen molar-refractivity contribution < 1.29 is 9.53 Å². The van der Waals surface area contributed by atoms with E-state index in [0.717, 1.165) is 22.6 Å². The number of benzene rings is 2. The van der Waals surface area contributed by atoms with E-state index in [1.54, 1.807) is 13.3 Å². The van der Waals surface area contributed by atoms with E-state index >= 15 is 0 Å². The van der Waals surface area contributed by atoms with Crippen LogP contribution in [0.25, 0.3) is 0 Å². The average Bonchev–Trinajstić information content (AvgIpc) is 2.72. The Morgan fingerprint density at radius 1 is 1.00 bits per heavy atom. The topological polar surface area (TPSA) is 76.1 Å². The maximum atomic E-state index is 12.6. The van der Waals surface area contributed by atoms with Gasteiger partial charge in [-0.2, -0.15) is 0 Å². The van der Waals surface area contributed by atoms with Crippen molar-refractivity contribution in [3.63, 3.8) is 0 Å². The number of carbonyl (C=O) groups is 1. The molecular formula is C23H26N4O2. The quantitative estimate of drug-likeness (QED) is 0.641. The summed E-state index contributed by atoms with van der Waals surface area (Å²) < 4.78 is 5.35. The fourth-order valence-corrected chi connectivity index (χ4v) is 3.00. The van der Waals surface area contributed by atoms with Gasteiger partial charge >= 0.3 is 0 Å². The van der Waals surface area contributed by atoms with Crippen molar-refractivity contribution in [2.75, 3.05) is 17.7 Å². The van der Waals surface area contributed by atoms with Crippen LogP contribution in [0, 0.1) is 0 Å². The third-order valence-electron chi connectivity index (χ3n) is 4.52. The van der Waals surface area contributed by atoms with Gasteiger partial charge in [0.2, 0.25) is 0 Å². The van der Waals surface area contributed by atoms with E-state index in [-0.39, 0.29) is 17.0 Å². The Morgan fingerprint density at radius 2 is 1.72 bits per heavy atom. The molecule has 0 fully saturated rings. The van der Waals surface area contributed by atoms with E-state index in [9.17, 15) is 4.79 Å². The van der Waals surface area contributed by atoms with Gasteiger partial charge < -0.3 is 15.4 Å². The SMILES string of the molecule is COc1ccccc1CNc1cnc(C(=O)Nc2ccccc2C(C)(C)C)cn1. The Balaban J connectivity index is 1.67. The first-order valence-corrected chi connectivity index (χ1v) is 9.47. The number of methoxy groups -OCH3 is 1. The first kappa shape index (κ1) is 20.3. The zero-order valence-corrected chi connectivity index (χ0v) is 17.2. The number of amides is 1. The number of aromatic nitrogens is 2. The van der Waals surface area contributed by atoms with Crippen molar-refractivity contribution in [2.45, 2.75) is 32.7 Å². The largest absolute Gasteiger partial charge is 0.496 e. The summed E-state index contributed by atoms with van der Waals surface area (Å²) in [6, 6.07) is 15.6. The Hall–Kier alpha value is -3.41. The second kappa shape index (κ2) is 8.73. The monoisotopic (exact) mass is 390 g/mol. The number of para-hydroxylation sites is 2. The van der Waals surface area contributed by atoms with Crippen molar-refractivity contribution >= 4 is 17.4 Å². The molecule has 3 rings (SSSR count). The molecule has 0 radical (unpaired) electrons. The number of carbonyl (C=O) groups excluding carboxylic acids is 1. The molecule has 6 heteroatoms. The maximum absolute atomic E-state index is 12.6.